The summed E-state index contributed by atoms with van der Waals surface area (Å²) >= 11 is 0. The Hall–Kier alpha value is -0.0800. The van der Waals surface area contributed by atoms with Gasteiger partial charge in [-0.2, -0.15) is 0 Å². The van der Waals surface area contributed by atoms with Gasteiger partial charge < -0.3 is 10.8 Å². The number of aliphatic hydroxyl groups is 1. The number of unbranched alkanes of at least 4 members (excludes halogenated alkanes) is 4. The molecule has 0 amide bonds. The van der Waals surface area contributed by atoms with E-state index in [1.54, 1.807) is 0 Å². The van der Waals surface area contributed by atoms with Crippen molar-refractivity contribution in [2.75, 3.05) is 6.61 Å². The molecule has 0 aromatic carbocycles. The Morgan fingerprint density at radius 3 is 2.07 bits per heavy atom. The lowest BCUT2D eigenvalue weighted by molar-refractivity contribution is 0.174. The number of nitrogens with two attached hydrogens (primary N) is 1. The molecule has 86 valence electrons. The molecule has 0 aliphatic carbocycles. The third kappa shape index (κ3) is 6.39. The second-order valence-corrected chi connectivity index (χ2v) is 4.43. The summed E-state index contributed by atoms with van der Waals surface area (Å²) in [6.07, 6.45) is 9.31. The van der Waals surface area contributed by atoms with Gasteiger partial charge in [-0.1, -0.05) is 52.4 Å². The minimum absolute atomic E-state index is 0.134. The molecule has 1 unspecified atom stereocenters. The lowest BCUT2D eigenvalue weighted by atomic mass is 9.89. The first-order valence-electron chi connectivity index (χ1n) is 6.08. The van der Waals surface area contributed by atoms with Gasteiger partial charge >= 0.3 is 0 Å². The SMILES string of the molecule is CCCCCCCC(N)(CO)CCC. The van der Waals surface area contributed by atoms with Crippen LogP contribution in [0, 0.1) is 0 Å². The van der Waals surface area contributed by atoms with Crippen LogP contribution in [0.15, 0.2) is 0 Å². The van der Waals surface area contributed by atoms with Gasteiger partial charge in [0.2, 0.25) is 0 Å². The summed E-state index contributed by atoms with van der Waals surface area (Å²) in [5.41, 5.74) is 5.77. The molecule has 1 atom stereocenters. The van der Waals surface area contributed by atoms with E-state index in [0.29, 0.717) is 0 Å². The fourth-order valence-corrected chi connectivity index (χ4v) is 1.86. The van der Waals surface area contributed by atoms with E-state index in [-0.39, 0.29) is 12.1 Å². The highest BCUT2D eigenvalue weighted by Crippen LogP contribution is 2.18. The molecule has 14 heavy (non-hydrogen) atoms. The van der Waals surface area contributed by atoms with E-state index in [1.165, 1.54) is 25.7 Å². The summed E-state index contributed by atoms with van der Waals surface area (Å²) in [5.74, 6) is 0. The smallest absolute Gasteiger partial charge is 0.0611 e. The van der Waals surface area contributed by atoms with Crippen molar-refractivity contribution in [2.45, 2.75) is 70.8 Å². The average molecular weight is 201 g/mol. The van der Waals surface area contributed by atoms with Crippen LogP contribution in [-0.2, 0) is 0 Å². The topological polar surface area (TPSA) is 46.2 Å². The van der Waals surface area contributed by atoms with Crippen LogP contribution in [0.25, 0.3) is 0 Å². The summed E-state index contributed by atoms with van der Waals surface area (Å²) < 4.78 is 0. The predicted molar refractivity (Wildman–Crippen MR) is 62.3 cm³/mol. The monoisotopic (exact) mass is 201 g/mol. The molecule has 0 aromatic rings. The highest BCUT2D eigenvalue weighted by molar-refractivity contribution is 4.82. The normalized spacial score (nSPS) is 15.4. The van der Waals surface area contributed by atoms with E-state index in [0.717, 1.165) is 25.7 Å². The van der Waals surface area contributed by atoms with Crippen LogP contribution in [0.5, 0.6) is 0 Å². The minimum atomic E-state index is -0.305. The van der Waals surface area contributed by atoms with Gasteiger partial charge in [0.15, 0.2) is 0 Å². The summed E-state index contributed by atoms with van der Waals surface area (Å²) in [4.78, 5) is 0. The van der Waals surface area contributed by atoms with Gasteiger partial charge in [0, 0.05) is 5.54 Å². The van der Waals surface area contributed by atoms with Gasteiger partial charge in [-0.05, 0) is 12.8 Å². The van der Waals surface area contributed by atoms with E-state index in [9.17, 15) is 5.11 Å². The van der Waals surface area contributed by atoms with Crippen molar-refractivity contribution in [3.63, 3.8) is 0 Å². The molecule has 0 saturated heterocycles. The van der Waals surface area contributed by atoms with Gasteiger partial charge in [0.1, 0.15) is 0 Å². The quantitative estimate of drug-likeness (QED) is 0.563. The maximum absolute atomic E-state index is 9.19. The van der Waals surface area contributed by atoms with Crippen LogP contribution in [0.4, 0.5) is 0 Å². The van der Waals surface area contributed by atoms with E-state index >= 15 is 0 Å². The van der Waals surface area contributed by atoms with Crippen LogP contribution < -0.4 is 5.73 Å². The molecule has 2 heteroatoms. The van der Waals surface area contributed by atoms with Gasteiger partial charge in [0.25, 0.3) is 0 Å². The van der Waals surface area contributed by atoms with Crippen LogP contribution in [0.3, 0.4) is 0 Å². The number of hydrogen-bond donors (Lipinski definition) is 2. The maximum Gasteiger partial charge on any atom is 0.0611 e. The van der Waals surface area contributed by atoms with Crippen molar-refractivity contribution in [1.29, 1.82) is 0 Å². The largest absolute Gasteiger partial charge is 0.394 e. The van der Waals surface area contributed by atoms with E-state index in [1.807, 2.05) is 0 Å². The molecule has 0 aliphatic rings. The third-order valence-electron chi connectivity index (χ3n) is 2.84. The summed E-state index contributed by atoms with van der Waals surface area (Å²) in [6.45, 7) is 4.47. The van der Waals surface area contributed by atoms with Gasteiger partial charge in [-0.3, -0.25) is 0 Å². The van der Waals surface area contributed by atoms with Gasteiger partial charge in [-0.25, -0.2) is 0 Å². The molecular formula is C12H27NO. The van der Waals surface area contributed by atoms with Crippen molar-refractivity contribution in [3.05, 3.63) is 0 Å². The Morgan fingerprint density at radius 2 is 1.57 bits per heavy atom. The first-order chi connectivity index (χ1) is 6.68. The lowest BCUT2D eigenvalue weighted by Gasteiger charge is -2.26. The predicted octanol–water partition coefficient (Wildman–Crippen LogP) is 2.84. The molecule has 0 aromatic heterocycles. The van der Waals surface area contributed by atoms with E-state index in [4.69, 9.17) is 5.73 Å². The van der Waals surface area contributed by atoms with Gasteiger partial charge in [-0.15, -0.1) is 0 Å². The van der Waals surface area contributed by atoms with Crippen molar-refractivity contribution in [3.8, 4) is 0 Å². The van der Waals surface area contributed by atoms with Crippen molar-refractivity contribution in [2.24, 2.45) is 5.73 Å². The number of hydrogen-bond acceptors (Lipinski definition) is 2. The molecule has 0 saturated carbocycles. The molecule has 0 heterocycles. The second kappa shape index (κ2) is 8.25. The molecule has 2 nitrogen and oxygen atoms in total. The third-order valence-corrected chi connectivity index (χ3v) is 2.84. The molecule has 0 rings (SSSR count). The summed E-state index contributed by atoms with van der Waals surface area (Å²) in [5, 5.41) is 9.19. The van der Waals surface area contributed by atoms with E-state index in [2.05, 4.69) is 13.8 Å². The van der Waals surface area contributed by atoms with E-state index < -0.39 is 0 Å². The van der Waals surface area contributed by atoms with Crippen molar-refractivity contribution in [1.82, 2.24) is 0 Å². The number of rotatable bonds is 9. The molecule has 0 fully saturated rings. The Bertz CT molecular complexity index is 127. The minimum Gasteiger partial charge on any atom is -0.394 e. The Kier molecular flexibility index (Phi) is 8.20. The zero-order valence-corrected chi connectivity index (χ0v) is 9.89. The van der Waals surface area contributed by atoms with Crippen molar-refractivity contribution >= 4 is 0 Å². The highest BCUT2D eigenvalue weighted by Gasteiger charge is 2.21. The molecule has 3 N–H and O–H groups in total. The van der Waals surface area contributed by atoms with Crippen molar-refractivity contribution < 1.29 is 5.11 Å². The Balaban J connectivity index is 3.51. The molecular weight excluding hydrogens is 174 g/mol. The number of aliphatic hydroxyl groups excluding tert-OH is 1. The Labute approximate surface area is 88.9 Å². The standard InChI is InChI=1S/C12H27NO/c1-3-5-6-7-8-10-12(13,11-14)9-4-2/h14H,3-11,13H2,1-2H3. The lowest BCUT2D eigenvalue weighted by Crippen LogP contribution is -2.43. The molecule has 0 spiro atoms. The zero-order valence-electron chi connectivity index (χ0n) is 9.89. The summed E-state index contributed by atoms with van der Waals surface area (Å²) in [6, 6.07) is 0. The van der Waals surface area contributed by atoms with Crippen LogP contribution in [0.1, 0.15) is 65.2 Å². The van der Waals surface area contributed by atoms with Crippen LogP contribution in [0.2, 0.25) is 0 Å². The molecule has 0 radical (unpaired) electrons. The first kappa shape index (κ1) is 13.9. The molecule has 0 bridgehead atoms. The summed E-state index contributed by atoms with van der Waals surface area (Å²) in [7, 11) is 0. The highest BCUT2D eigenvalue weighted by atomic mass is 16.3. The zero-order chi connectivity index (χ0) is 10.9. The maximum atomic E-state index is 9.19. The Morgan fingerprint density at radius 1 is 0.929 bits per heavy atom. The average Bonchev–Trinajstić information content (AvgIpc) is 2.18. The van der Waals surface area contributed by atoms with Crippen LogP contribution >= 0.6 is 0 Å². The molecule has 0 aliphatic heterocycles. The fraction of sp³-hybridized carbons (Fsp3) is 1.00. The van der Waals surface area contributed by atoms with Gasteiger partial charge in [0.05, 0.1) is 6.61 Å². The second-order valence-electron chi connectivity index (χ2n) is 4.43. The first-order valence-corrected chi connectivity index (χ1v) is 6.08. The fourth-order valence-electron chi connectivity index (χ4n) is 1.86. The van der Waals surface area contributed by atoms with Crippen LogP contribution in [-0.4, -0.2) is 17.3 Å².